The van der Waals surface area contributed by atoms with Crippen molar-refractivity contribution in [1.82, 2.24) is 4.72 Å². The van der Waals surface area contributed by atoms with Crippen molar-refractivity contribution >= 4 is 26.0 Å². The summed E-state index contributed by atoms with van der Waals surface area (Å²) < 4.78 is 28.5. The van der Waals surface area contributed by atoms with E-state index in [-0.39, 0.29) is 6.04 Å². The quantitative estimate of drug-likeness (QED) is 0.918. The van der Waals surface area contributed by atoms with Gasteiger partial charge in [-0.25, -0.2) is 13.1 Å². The molecule has 3 nitrogen and oxygen atoms in total. The molecule has 3 aliphatic rings. The van der Waals surface area contributed by atoms with Crippen LogP contribution in [0.5, 0.6) is 0 Å². The normalized spacial score (nSPS) is 39.3. The second kappa shape index (κ2) is 4.06. The smallest absolute Gasteiger partial charge is 0.207 e. The average Bonchev–Trinajstić information content (AvgIpc) is 2.78. The first-order valence-corrected chi connectivity index (χ1v) is 9.12. The number of fused-ring (bicyclic) bond motifs is 5. The molecule has 1 aromatic carbocycles. The van der Waals surface area contributed by atoms with Crippen LogP contribution in [0.25, 0.3) is 0 Å². The van der Waals surface area contributed by atoms with E-state index < -0.39 is 10.0 Å². The van der Waals surface area contributed by atoms with Gasteiger partial charge in [-0.2, -0.15) is 0 Å². The fourth-order valence-electron chi connectivity index (χ4n) is 4.34. The molecule has 3 aliphatic carbocycles. The van der Waals surface area contributed by atoms with Crippen molar-refractivity contribution in [2.24, 2.45) is 23.7 Å². The van der Waals surface area contributed by atoms with Gasteiger partial charge in [-0.15, -0.1) is 0 Å². The van der Waals surface area contributed by atoms with E-state index in [1.165, 1.54) is 19.3 Å². The first-order valence-electron chi connectivity index (χ1n) is 6.84. The molecule has 0 radical (unpaired) electrons. The van der Waals surface area contributed by atoms with Crippen LogP contribution in [0.15, 0.2) is 33.6 Å². The van der Waals surface area contributed by atoms with Crippen LogP contribution in [-0.2, 0) is 10.0 Å². The van der Waals surface area contributed by atoms with Crippen LogP contribution in [0.3, 0.4) is 0 Å². The Kier molecular flexibility index (Phi) is 2.64. The Bertz CT molecular complexity index is 597. The van der Waals surface area contributed by atoms with Gasteiger partial charge in [-0.1, -0.05) is 15.9 Å². The number of rotatable bonds is 3. The topological polar surface area (TPSA) is 46.2 Å². The van der Waals surface area contributed by atoms with Gasteiger partial charge in [0.2, 0.25) is 10.0 Å². The highest BCUT2D eigenvalue weighted by Crippen LogP contribution is 2.65. The van der Waals surface area contributed by atoms with Gasteiger partial charge in [0.1, 0.15) is 0 Å². The lowest BCUT2D eigenvalue weighted by atomic mass is 10.0. The van der Waals surface area contributed by atoms with Crippen molar-refractivity contribution in [1.29, 1.82) is 0 Å². The van der Waals surface area contributed by atoms with E-state index in [4.69, 9.17) is 0 Å². The van der Waals surface area contributed by atoms with Gasteiger partial charge >= 0.3 is 0 Å². The molecule has 0 aromatic heterocycles. The zero-order valence-corrected chi connectivity index (χ0v) is 12.8. The van der Waals surface area contributed by atoms with Crippen LogP contribution in [0.2, 0.25) is 0 Å². The molecule has 1 aromatic rings. The molecule has 4 unspecified atom stereocenters. The largest absolute Gasteiger partial charge is 0.240 e. The molecule has 2 bridgehead atoms. The summed E-state index contributed by atoms with van der Waals surface area (Å²) in [5.41, 5.74) is 0. The van der Waals surface area contributed by atoms with E-state index in [1.54, 1.807) is 24.3 Å². The van der Waals surface area contributed by atoms with Crippen LogP contribution < -0.4 is 4.72 Å². The zero-order chi connectivity index (χ0) is 13.2. The summed E-state index contributed by atoms with van der Waals surface area (Å²) in [5, 5.41) is 0. The number of nitrogens with one attached hydrogen (secondary N) is 1. The number of hydrogen-bond donors (Lipinski definition) is 1. The molecule has 0 amide bonds. The molecule has 0 aliphatic heterocycles. The molecule has 102 valence electrons. The van der Waals surface area contributed by atoms with E-state index >= 15 is 0 Å². The maximum absolute atomic E-state index is 12.3. The van der Waals surface area contributed by atoms with E-state index in [1.807, 2.05) is 0 Å². The Labute approximate surface area is 122 Å². The highest BCUT2D eigenvalue weighted by atomic mass is 79.9. The van der Waals surface area contributed by atoms with Gasteiger partial charge in [0.25, 0.3) is 0 Å². The van der Waals surface area contributed by atoms with E-state index in [0.717, 1.165) is 16.3 Å². The number of halogens is 1. The minimum atomic E-state index is -3.35. The molecule has 5 heteroatoms. The third-order valence-corrected chi connectivity index (χ3v) is 7.15. The zero-order valence-electron chi connectivity index (χ0n) is 10.4. The van der Waals surface area contributed by atoms with Crippen molar-refractivity contribution in [3.63, 3.8) is 0 Å². The monoisotopic (exact) mass is 341 g/mol. The van der Waals surface area contributed by atoms with Gasteiger partial charge < -0.3 is 0 Å². The van der Waals surface area contributed by atoms with E-state index in [9.17, 15) is 8.42 Å². The molecular weight excluding hydrogens is 326 g/mol. The molecule has 0 spiro atoms. The standard InChI is InChI=1S/C14H16BrNO2S/c15-10-3-5-11(6-4-10)19(17,18)16-14-12-8-1-2-9(7-8)13(12)14/h3-6,8-9,12-14,16H,1-2,7H2. The predicted octanol–water partition coefficient (Wildman–Crippen LogP) is 2.77. The fourth-order valence-corrected chi connectivity index (χ4v) is 5.91. The van der Waals surface area contributed by atoms with Gasteiger partial charge in [-0.3, -0.25) is 0 Å². The van der Waals surface area contributed by atoms with Gasteiger partial charge in [0.15, 0.2) is 0 Å². The second-order valence-corrected chi connectivity index (χ2v) is 8.72. The minimum Gasteiger partial charge on any atom is -0.207 e. The molecule has 0 saturated heterocycles. The Morgan fingerprint density at radius 1 is 1.05 bits per heavy atom. The highest BCUT2D eigenvalue weighted by molar-refractivity contribution is 9.10. The SMILES string of the molecule is O=S(=O)(NC1C2C3CCC(C3)C12)c1ccc(Br)cc1. The lowest BCUT2D eigenvalue weighted by Crippen LogP contribution is -2.30. The lowest BCUT2D eigenvalue weighted by Gasteiger charge is -2.11. The summed E-state index contributed by atoms with van der Waals surface area (Å²) in [7, 11) is -3.35. The maximum atomic E-state index is 12.3. The Hall–Kier alpha value is -0.390. The molecule has 3 fully saturated rings. The first kappa shape index (κ1) is 12.4. The average molecular weight is 342 g/mol. The summed E-state index contributed by atoms with van der Waals surface area (Å²) in [5.74, 6) is 2.83. The first-order chi connectivity index (χ1) is 9.06. The molecule has 19 heavy (non-hydrogen) atoms. The van der Waals surface area contributed by atoms with Crippen molar-refractivity contribution in [2.75, 3.05) is 0 Å². The second-order valence-electron chi connectivity index (χ2n) is 6.09. The number of benzene rings is 1. The highest BCUT2D eigenvalue weighted by Gasteiger charge is 2.65. The summed E-state index contributed by atoms with van der Waals surface area (Å²) >= 11 is 3.32. The van der Waals surface area contributed by atoms with Gasteiger partial charge in [-0.05, 0) is 67.2 Å². The fraction of sp³-hybridized carbons (Fsp3) is 0.571. The third kappa shape index (κ3) is 1.89. The maximum Gasteiger partial charge on any atom is 0.240 e. The van der Waals surface area contributed by atoms with Crippen LogP contribution in [-0.4, -0.2) is 14.5 Å². The molecule has 4 rings (SSSR count). The van der Waals surface area contributed by atoms with Crippen molar-refractivity contribution < 1.29 is 8.42 Å². The van der Waals surface area contributed by atoms with Crippen LogP contribution >= 0.6 is 15.9 Å². The van der Waals surface area contributed by atoms with Crippen LogP contribution in [0.4, 0.5) is 0 Å². The van der Waals surface area contributed by atoms with E-state index in [0.29, 0.717) is 16.7 Å². The molecular formula is C14H16BrNO2S. The summed E-state index contributed by atoms with van der Waals surface area (Å²) in [6, 6.07) is 7.05. The van der Waals surface area contributed by atoms with E-state index in [2.05, 4.69) is 20.7 Å². The molecule has 3 saturated carbocycles. The van der Waals surface area contributed by atoms with Gasteiger partial charge in [0, 0.05) is 10.5 Å². The molecule has 4 atom stereocenters. The third-order valence-electron chi connectivity index (χ3n) is 5.15. The lowest BCUT2D eigenvalue weighted by molar-refractivity contribution is 0.456. The number of sulfonamides is 1. The Morgan fingerprint density at radius 3 is 2.21 bits per heavy atom. The summed E-state index contributed by atoms with van der Waals surface area (Å²) in [4.78, 5) is 0.369. The summed E-state index contributed by atoms with van der Waals surface area (Å²) in [6.45, 7) is 0. The van der Waals surface area contributed by atoms with Crippen molar-refractivity contribution in [3.05, 3.63) is 28.7 Å². The predicted molar refractivity (Wildman–Crippen MR) is 76.1 cm³/mol. The molecule has 0 heterocycles. The minimum absolute atomic E-state index is 0.208. The van der Waals surface area contributed by atoms with Crippen LogP contribution in [0.1, 0.15) is 19.3 Å². The van der Waals surface area contributed by atoms with Gasteiger partial charge in [0.05, 0.1) is 4.90 Å². The number of hydrogen-bond acceptors (Lipinski definition) is 2. The van der Waals surface area contributed by atoms with Crippen molar-refractivity contribution in [3.8, 4) is 0 Å². The van der Waals surface area contributed by atoms with Crippen LogP contribution in [0, 0.1) is 23.7 Å². The molecule has 1 N–H and O–H groups in total. The Balaban J connectivity index is 1.53. The Morgan fingerprint density at radius 2 is 1.63 bits per heavy atom. The summed E-state index contributed by atoms with van der Waals surface area (Å²) in [6.07, 6.45) is 3.95. The van der Waals surface area contributed by atoms with Crippen molar-refractivity contribution in [2.45, 2.75) is 30.2 Å².